The number of pyridine rings is 1. The molecule has 0 radical (unpaired) electrons. The minimum Gasteiger partial charge on any atom is -0.352 e. The standard InChI is InChI=1S/C23H22N4O/c1-16-3-5-21(17(2)13-16)27-15-26-20-14-19(4-6-22(20)27)23(28)25-12-9-18-7-10-24-11-8-18/h3-8,10-11,13-15H,9,12H2,1-2H3,(H,25,28). The van der Waals surface area contributed by atoms with E-state index < -0.39 is 0 Å². The summed E-state index contributed by atoms with van der Waals surface area (Å²) in [7, 11) is 0. The van der Waals surface area contributed by atoms with E-state index in [1.165, 1.54) is 11.1 Å². The third-order valence-corrected chi connectivity index (χ3v) is 4.87. The molecule has 0 atom stereocenters. The van der Waals surface area contributed by atoms with Crippen LogP contribution in [0.2, 0.25) is 0 Å². The monoisotopic (exact) mass is 370 g/mol. The van der Waals surface area contributed by atoms with Crippen LogP contribution < -0.4 is 5.32 Å². The van der Waals surface area contributed by atoms with Crippen molar-refractivity contribution >= 4 is 16.9 Å². The van der Waals surface area contributed by atoms with Gasteiger partial charge in [0.1, 0.15) is 6.33 Å². The van der Waals surface area contributed by atoms with E-state index in [4.69, 9.17) is 0 Å². The number of aryl methyl sites for hydroxylation is 2. The number of benzene rings is 2. The molecule has 0 spiro atoms. The number of nitrogens with zero attached hydrogens (tertiary/aromatic N) is 3. The average Bonchev–Trinajstić information content (AvgIpc) is 3.12. The zero-order valence-electron chi connectivity index (χ0n) is 16.0. The molecule has 0 aliphatic carbocycles. The highest BCUT2D eigenvalue weighted by atomic mass is 16.1. The van der Waals surface area contributed by atoms with Crippen molar-refractivity contribution in [1.82, 2.24) is 19.9 Å². The van der Waals surface area contributed by atoms with Crippen molar-refractivity contribution in [2.75, 3.05) is 6.54 Å². The zero-order valence-corrected chi connectivity index (χ0v) is 16.0. The van der Waals surface area contributed by atoms with Crippen molar-refractivity contribution < 1.29 is 4.79 Å². The number of nitrogens with one attached hydrogen (secondary N) is 1. The summed E-state index contributed by atoms with van der Waals surface area (Å²) < 4.78 is 2.06. The first kappa shape index (κ1) is 17.9. The molecule has 0 unspecified atom stereocenters. The Hall–Kier alpha value is -3.47. The van der Waals surface area contributed by atoms with Crippen molar-refractivity contribution in [3.05, 3.63) is 89.5 Å². The Morgan fingerprint density at radius 2 is 1.86 bits per heavy atom. The molecule has 4 rings (SSSR count). The molecule has 2 aromatic carbocycles. The lowest BCUT2D eigenvalue weighted by molar-refractivity contribution is 0.0954. The van der Waals surface area contributed by atoms with Crippen LogP contribution in [0, 0.1) is 13.8 Å². The first-order chi connectivity index (χ1) is 13.6. The van der Waals surface area contributed by atoms with E-state index in [1.807, 2.05) is 36.7 Å². The summed E-state index contributed by atoms with van der Waals surface area (Å²) in [5, 5.41) is 2.97. The smallest absolute Gasteiger partial charge is 0.251 e. The van der Waals surface area contributed by atoms with Crippen molar-refractivity contribution in [3.63, 3.8) is 0 Å². The molecule has 1 N–H and O–H groups in total. The highest BCUT2D eigenvalue weighted by Crippen LogP contribution is 2.22. The van der Waals surface area contributed by atoms with Gasteiger partial charge in [0.25, 0.3) is 5.91 Å². The molecule has 1 amide bonds. The summed E-state index contributed by atoms with van der Waals surface area (Å²) in [6, 6.07) is 15.9. The maximum absolute atomic E-state index is 12.5. The van der Waals surface area contributed by atoms with Crippen molar-refractivity contribution in [1.29, 1.82) is 0 Å². The molecule has 0 bridgehead atoms. The number of amides is 1. The number of imidazole rings is 1. The largest absolute Gasteiger partial charge is 0.352 e. The highest BCUT2D eigenvalue weighted by Gasteiger charge is 2.11. The SMILES string of the molecule is Cc1ccc(-n2cnc3cc(C(=O)NCCc4ccncc4)ccc32)c(C)c1. The van der Waals surface area contributed by atoms with Gasteiger partial charge in [-0.1, -0.05) is 17.7 Å². The molecular weight excluding hydrogens is 348 g/mol. The normalized spacial score (nSPS) is 10.9. The van der Waals surface area contributed by atoms with Gasteiger partial charge >= 0.3 is 0 Å². The summed E-state index contributed by atoms with van der Waals surface area (Å²) in [5.74, 6) is -0.0861. The Labute approximate surface area is 164 Å². The minimum atomic E-state index is -0.0861. The quantitative estimate of drug-likeness (QED) is 0.577. The average molecular weight is 370 g/mol. The van der Waals surface area contributed by atoms with Gasteiger partial charge in [-0.3, -0.25) is 14.3 Å². The second kappa shape index (κ2) is 7.64. The van der Waals surface area contributed by atoms with E-state index in [9.17, 15) is 4.79 Å². The van der Waals surface area contributed by atoms with Crippen LogP contribution in [0.5, 0.6) is 0 Å². The van der Waals surface area contributed by atoms with Crippen molar-refractivity contribution in [2.24, 2.45) is 0 Å². The van der Waals surface area contributed by atoms with Crippen LogP contribution in [-0.2, 0) is 6.42 Å². The highest BCUT2D eigenvalue weighted by molar-refractivity contribution is 5.97. The number of aromatic nitrogens is 3. The van der Waals surface area contributed by atoms with E-state index in [2.05, 4.69) is 51.9 Å². The summed E-state index contributed by atoms with van der Waals surface area (Å²) >= 11 is 0. The molecule has 28 heavy (non-hydrogen) atoms. The zero-order chi connectivity index (χ0) is 19.5. The molecule has 0 saturated heterocycles. The van der Waals surface area contributed by atoms with Crippen LogP contribution >= 0.6 is 0 Å². The molecule has 0 aliphatic heterocycles. The molecule has 4 aromatic rings. The number of carbonyl (C=O) groups excluding carboxylic acids is 1. The fraction of sp³-hybridized carbons (Fsp3) is 0.174. The Morgan fingerprint density at radius 3 is 2.64 bits per heavy atom. The van der Waals surface area contributed by atoms with E-state index >= 15 is 0 Å². The van der Waals surface area contributed by atoms with E-state index in [0.717, 1.165) is 28.7 Å². The lowest BCUT2D eigenvalue weighted by Crippen LogP contribution is -2.25. The summed E-state index contributed by atoms with van der Waals surface area (Å²) in [6.07, 6.45) is 6.11. The molecule has 5 nitrogen and oxygen atoms in total. The summed E-state index contributed by atoms with van der Waals surface area (Å²) in [6.45, 7) is 4.76. The number of hydrogen-bond acceptors (Lipinski definition) is 3. The van der Waals surface area contributed by atoms with Crippen molar-refractivity contribution in [2.45, 2.75) is 20.3 Å². The van der Waals surface area contributed by atoms with Crippen LogP contribution in [0.25, 0.3) is 16.7 Å². The molecule has 0 aliphatic rings. The maximum atomic E-state index is 12.5. The van der Waals surface area contributed by atoms with Gasteiger partial charge in [-0.05, 0) is 67.8 Å². The Kier molecular flexibility index (Phi) is 4.89. The molecule has 0 saturated carbocycles. The number of fused-ring (bicyclic) bond motifs is 1. The molecule has 5 heteroatoms. The second-order valence-corrected chi connectivity index (χ2v) is 6.97. The third-order valence-electron chi connectivity index (χ3n) is 4.87. The topological polar surface area (TPSA) is 59.8 Å². The number of carbonyl (C=O) groups is 1. The van der Waals surface area contributed by atoms with Gasteiger partial charge in [-0.15, -0.1) is 0 Å². The predicted molar refractivity (Wildman–Crippen MR) is 111 cm³/mol. The first-order valence-corrected chi connectivity index (χ1v) is 9.33. The van der Waals surface area contributed by atoms with Gasteiger partial charge in [0.05, 0.1) is 16.7 Å². The van der Waals surface area contributed by atoms with Gasteiger partial charge in [-0.2, -0.15) is 0 Å². The van der Waals surface area contributed by atoms with E-state index in [-0.39, 0.29) is 5.91 Å². The molecular formula is C23H22N4O. The second-order valence-electron chi connectivity index (χ2n) is 6.97. The van der Waals surface area contributed by atoms with Crippen LogP contribution in [-0.4, -0.2) is 27.0 Å². The third kappa shape index (κ3) is 3.64. The van der Waals surface area contributed by atoms with Crippen LogP contribution in [0.4, 0.5) is 0 Å². The number of rotatable bonds is 5. The predicted octanol–water partition coefficient (Wildman–Crippen LogP) is 4.01. The van der Waals surface area contributed by atoms with Crippen LogP contribution in [0.15, 0.2) is 67.3 Å². The Balaban J connectivity index is 1.51. The van der Waals surface area contributed by atoms with E-state index in [0.29, 0.717) is 12.1 Å². The minimum absolute atomic E-state index is 0.0861. The number of hydrogen-bond donors (Lipinski definition) is 1. The Morgan fingerprint density at radius 1 is 1.04 bits per heavy atom. The van der Waals surface area contributed by atoms with Crippen LogP contribution in [0.3, 0.4) is 0 Å². The fourth-order valence-corrected chi connectivity index (χ4v) is 3.39. The van der Waals surface area contributed by atoms with Crippen LogP contribution in [0.1, 0.15) is 27.0 Å². The lowest BCUT2D eigenvalue weighted by atomic mass is 10.1. The molecule has 2 aromatic heterocycles. The fourth-order valence-electron chi connectivity index (χ4n) is 3.39. The summed E-state index contributed by atoms with van der Waals surface area (Å²) in [4.78, 5) is 21.0. The summed E-state index contributed by atoms with van der Waals surface area (Å²) in [5.41, 5.74) is 7.09. The molecule has 140 valence electrons. The van der Waals surface area contributed by atoms with Gasteiger partial charge in [-0.25, -0.2) is 4.98 Å². The maximum Gasteiger partial charge on any atom is 0.251 e. The van der Waals surface area contributed by atoms with Gasteiger partial charge in [0.15, 0.2) is 0 Å². The van der Waals surface area contributed by atoms with Gasteiger partial charge < -0.3 is 5.32 Å². The van der Waals surface area contributed by atoms with Gasteiger partial charge in [0, 0.05) is 24.5 Å². The first-order valence-electron chi connectivity index (χ1n) is 9.33. The Bertz CT molecular complexity index is 1130. The van der Waals surface area contributed by atoms with Crippen molar-refractivity contribution in [3.8, 4) is 5.69 Å². The lowest BCUT2D eigenvalue weighted by Gasteiger charge is -2.09. The molecule has 0 fully saturated rings. The van der Waals surface area contributed by atoms with Gasteiger partial charge in [0.2, 0.25) is 0 Å². The molecule has 2 heterocycles. The van der Waals surface area contributed by atoms with E-state index in [1.54, 1.807) is 12.4 Å².